The fraction of sp³-hybridized carbons (Fsp3) is 0.696. The molecule has 156 valence electrons. The Morgan fingerprint density at radius 2 is 1.71 bits per heavy atom. The molecule has 1 atom stereocenters. The highest BCUT2D eigenvalue weighted by Crippen LogP contribution is 2.24. The smallest absolute Gasteiger partial charge is 0.159 e. The lowest BCUT2D eigenvalue weighted by Gasteiger charge is -2.29. The second-order valence-corrected chi connectivity index (χ2v) is 8.50. The van der Waals surface area contributed by atoms with Crippen molar-refractivity contribution in [1.82, 2.24) is 9.80 Å². The lowest BCUT2D eigenvalue weighted by molar-refractivity contribution is 0.0690. The molecule has 1 aliphatic heterocycles. The van der Waals surface area contributed by atoms with Crippen LogP contribution in [0.3, 0.4) is 0 Å². The minimum atomic E-state index is -0.502. The van der Waals surface area contributed by atoms with E-state index in [2.05, 4.69) is 9.80 Å². The van der Waals surface area contributed by atoms with Crippen LogP contribution in [0.25, 0.3) is 0 Å². The van der Waals surface area contributed by atoms with Gasteiger partial charge in [0.25, 0.3) is 0 Å². The molecule has 0 radical (unpaired) electrons. The monoisotopic (exact) mass is 388 g/mol. The molecule has 1 aromatic carbocycles. The summed E-state index contributed by atoms with van der Waals surface area (Å²) >= 11 is 0. The van der Waals surface area contributed by atoms with Crippen LogP contribution in [-0.4, -0.2) is 72.7 Å². The van der Waals surface area contributed by atoms with Crippen LogP contribution in [0.15, 0.2) is 24.3 Å². The predicted molar refractivity (Wildman–Crippen MR) is 112 cm³/mol. The van der Waals surface area contributed by atoms with Crippen molar-refractivity contribution < 1.29 is 14.6 Å². The van der Waals surface area contributed by atoms with Gasteiger partial charge in [0.2, 0.25) is 0 Å². The Balaban J connectivity index is 1.36. The standard InChI is InChI=1S/C23H36N2O3/c1-19(26)21-8-10-23(11-9-21)28-18-22(27)17-25-13-5-12-24(14-15-25)16-20-6-3-2-4-7-20/h8-11,20,22,27H,2-7,12-18H2,1H3. The zero-order valence-corrected chi connectivity index (χ0v) is 17.3. The Bertz CT molecular complexity index is 598. The average molecular weight is 389 g/mol. The summed E-state index contributed by atoms with van der Waals surface area (Å²) in [5.74, 6) is 1.64. The molecule has 3 rings (SSSR count). The highest BCUT2D eigenvalue weighted by Gasteiger charge is 2.21. The van der Waals surface area contributed by atoms with Gasteiger partial charge < -0.3 is 14.7 Å². The van der Waals surface area contributed by atoms with E-state index in [-0.39, 0.29) is 12.4 Å². The molecule has 1 N–H and O–H groups in total. The molecule has 1 heterocycles. The molecule has 1 saturated carbocycles. The van der Waals surface area contributed by atoms with Gasteiger partial charge in [0.15, 0.2) is 5.78 Å². The van der Waals surface area contributed by atoms with Crippen molar-refractivity contribution in [1.29, 1.82) is 0 Å². The van der Waals surface area contributed by atoms with Gasteiger partial charge in [0, 0.05) is 31.7 Å². The minimum Gasteiger partial charge on any atom is -0.491 e. The lowest BCUT2D eigenvalue weighted by Crippen LogP contribution is -2.39. The fourth-order valence-electron chi connectivity index (χ4n) is 4.45. The SMILES string of the molecule is CC(=O)c1ccc(OCC(O)CN2CCCN(CC3CCCCC3)CC2)cc1. The molecule has 5 heteroatoms. The summed E-state index contributed by atoms with van der Waals surface area (Å²) in [6.07, 6.45) is 7.73. The number of hydrogen-bond donors (Lipinski definition) is 1. The van der Waals surface area contributed by atoms with Gasteiger partial charge in [-0.3, -0.25) is 9.69 Å². The number of rotatable bonds is 8. The molecule has 1 aliphatic carbocycles. The van der Waals surface area contributed by atoms with Crippen molar-refractivity contribution in [3.05, 3.63) is 29.8 Å². The summed E-state index contributed by atoms with van der Waals surface area (Å²) in [5.41, 5.74) is 0.676. The maximum absolute atomic E-state index is 11.3. The van der Waals surface area contributed by atoms with Crippen LogP contribution in [0.4, 0.5) is 0 Å². The average Bonchev–Trinajstić information content (AvgIpc) is 2.92. The highest BCUT2D eigenvalue weighted by molar-refractivity contribution is 5.94. The van der Waals surface area contributed by atoms with Crippen molar-refractivity contribution >= 4 is 5.78 Å². The van der Waals surface area contributed by atoms with Crippen molar-refractivity contribution in [3.8, 4) is 5.75 Å². The van der Waals surface area contributed by atoms with E-state index >= 15 is 0 Å². The molecule has 2 aliphatic rings. The molecule has 1 saturated heterocycles. The van der Waals surface area contributed by atoms with E-state index in [9.17, 15) is 9.90 Å². The summed E-state index contributed by atoms with van der Waals surface area (Å²) in [5, 5.41) is 10.4. The van der Waals surface area contributed by atoms with Crippen molar-refractivity contribution in [3.63, 3.8) is 0 Å². The number of benzene rings is 1. The van der Waals surface area contributed by atoms with E-state index in [0.717, 1.165) is 25.6 Å². The van der Waals surface area contributed by atoms with Gasteiger partial charge in [0.05, 0.1) is 0 Å². The second kappa shape index (κ2) is 10.9. The maximum Gasteiger partial charge on any atom is 0.159 e. The van der Waals surface area contributed by atoms with Crippen LogP contribution < -0.4 is 4.74 Å². The number of carbonyl (C=O) groups is 1. The maximum atomic E-state index is 11.3. The first-order valence-electron chi connectivity index (χ1n) is 11.0. The molecular weight excluding hydrogens is 352 g/mol. The summed E-state index contributed by atoms with van der Waals surface area (Å²) in [7, 11) is 0. The van der Waals surface area contributed by atoms with Crippen LogP contribution in [0.1, 0.15) is 55.8 Å². The number of Topliss-reactive ketones (excluding diaryl/α,β-unsaturated/α-hetero) is 1. The summed E-state index contributed by atoms with van der Waals surface area (Å²) in [6.45, 7) is 8.11. The quantitative estimate of drug-likeness (QED) is 0.693. The van der Waals surface area contributed by atoms with E-state index in [0.29, 0.717) is 17.9 Å². The van der Waals surface area contributed by atoms with E-state index in [1.165, 1.54) is 51.6 Å². The summed E-state index contributed by atoms with van der Waals surface area (Å²) < 4.78 is 5.70. The Morgan fingerprint density at radius 3 is 2.43 bits per heavy atom. The first-order valence-corrected chi connectivity index (χ1v) is 11.0. The van der Waals surface area contributed by atoms with Crippen LogP contribution in [0, 0.1) is 5.92 Å². The Kier molecular flexibility index (Phi) is 8.31. The third-order valence-corrected chi connectivity index (χ3v) is 6.09. The minimum absolute atomic E-state index is 0.0466. The molecule has 28 heavy (non-hydrogen) atoms. The largest absolute Gasteiger partial charge is 0.491 e. The van der Waals surface area contributed by atoms with Crippen molar-refractivity contribution in [2.24, 2.45) is 5.92 Å². The van der Waals surface area contributed by atoms with Crippen molar-refractivity contribution in [2.45, 2.75) is 51.6 Å². The number of hydrogen-bond acceptors (Lipinski definition) is 5. The molecule has 5 nitrogen and oxygen atoms in total. The van der Waals surface area contributed by atoms with Crippen molar-refractivity contribution in [2.75, 3.05) is 45.9 Å². The third kappa shape index (κ3) is 6.87. The number of β-amino-alcohol motifs (C(OH)–C–C–N with tert-alkyl or cyclic N) is 1. The predicted octanol–water partition coefficient (Wildman–Crippen LogP) is 3.22. The number of ether oxygens (including phenoxy) is 1. The molecular formula is C23H36N2O3. The number of aliphatic hydroxyl groups is 1. The molecule has 2 fully saturated rings. The molecule has 1 unspecified atom stereocenters. The van der Waals surface area contributed by atoms with Crippen LogP contribution in [0.5, 0.6) is 5.75 Å². The van der Waals surface area contributed by atoms with Gasteiger partial charge in [0.1, 0.15) is 18.5 Å². The van der Waals surface area contributed by atoms with E-state index in [4.69, 9.17) is 4.74 Å². The summed E-state index contributed by atoms with van der Waals surface area (Å²) in [6, 6.07) is 7.11. The fourth-order valence-corrected chi connectivity index (χ4v) is 4.45. The Labute approximate surface area is 169 Å². The Morgan fingerprint density at radius 1 is 1.04 bits per heavy atom. The molecule has 0 amide bonds. The van der Waals surface area contributed by atoms with E-state index in [1.807, 2.05) is 0 Å². The van der Waals surface area contributed by atoms with Crippen LogP contribution >= 0.6 is 0 Å². The number of ketones is 1. The zero-order valence-electron chi connectivity index (χ0n) is 17.3. The normalized spacial score (nSPS) is 21.2. The Hall–Kier alpha value is -1.43. The first kappa shape index (κ1) is 21.3. The molecule has 0 spiro atoms. The van der Waals surface area contributed by atoms with Gasteiger partial charge in [-0.05, 0) is 69.5 Å². The first-order chi connectivity index (χ1) is 13.6. The lowest BCUT2D eigenvalue weighted by atomic mass is 9.89. The molecule has 1 aromatic rings. The van der Waals surface area contributed by atoms with E-state index in [1.54, 1.807) is 31.2 Å². The number of aliphatic hydroxyl groups excluding tert-OH is 1. The van der Waals surface area contributed by atoms with Crippen LogP contribution in [-0.2, 0) is 0 Å². The molecule has 0 aromatic heterocycles. The van der Waals surface area contributed by atoms with Crippen LogP contribution in [0.2, 0.25) is 0 Å². The van der Waals surface area contributed by atoms with Gasteiger partial charge in [-0.25, -0.2) is 0 Å². The topological polar surface area (TPSA) is 53.0 Å². The van der Waals surface area contributed by atoms with Gasteiger partial charge in [-0.15, -0.1) is 0 Å². The van der Waals surface area contributed by atoms with Gasteiger partial charge in [-0.2, -0.15) is 0 Å². The van der Waals surface area contributed by atoms with Gasteiger partial charge >= 0.3 is 0 Å². The zero-order chi connectivity index (χ0) is 19.8. The highest BCUT2D eigenvalue weighted by atomic mass is 16.5. The third-order valence-electron chi connectivity index (χ3n) is 6.09. The summed E-state index contributed by atoms with van der Waals surface area (Å²) in [4.78, 5) is 16.3. The molecule has 0 bridgehead atoms. The number of nitrogens with zero attached hydrogens (tertiary/aromatic N) is 2. The second-order valence-electron chi connectivity index (χ2n) is 8.50. The number of carbonyl (C=O) groups excluding carboxylic acids is 1. The van der Waals surface area contributed by atoms with Gasteiger partial charge in [-0.1, -0.05) is 19.3 Å². The van der Waals surface area contributed by atoms with E-state index < -0.39 is 6.10 Å².